The summed E-state index contributed by atoms with van der Waals surface area (Å²) in [6.07, 6.45) is 41.0. The Morgan fingerprint density at radius 2 is 0.908 bits per heavy atom. The molecule has 0 bridgehead atoms. The monoisotopic (exact) mass is 1920 g/mol. The quantitative estimate of drug-likeness (QED) is 0.0402. The lowest BCUT2D eigenvalue weighted by Crippen LogP contribution is -3.00. The molecular weight excluding hydrogens is 1790 g/mol. The van der Waals surface area contributed by atoms with Crippen LogP contribution in [-0.4, -0.2) is 25.4 Å². The van der Waals surface area contributed by atoms with E-state index in [0.717, 1.165) is 80.8 Å². The topological polar surface area (TPSA) is 98.4 Å². The van der Waals surface area contributed by atoms with Crippen molar-refractivity contribution < 1.29 is 135 Å². The fraction of sp³-hybridized carbons (Fsp3) is 0.261. The van der Waals surface area contributed by atoms with Gasteiger partial charge in [0.25, 0.3) is 17.0 Å². The number of ether oxygens (including phenoxy) is 4. The molecule has 0 spiro atoms. The number of anilines is 1. The Labute approximate surface area is 816 Å². The number of hydrogen-bond acceptors (Lipinski definition) is 5. The van der Waals surface area contributed by atoms with Crippen molar-refractivity contribution in [2.45, 2.75) is 144 Å². The summed E-state index contributed by atoms with van der Waals surface area (Å²) in [6.45, 7) is 11.2. The molecule has 0 unspecified atom stereocenters. The molecule has 11 heterocycles. The van der Waals surface area contributed by atoms with Crippen molar-refractivity contribution in [3.63, 3.8) is 0 Å². The van der Waals surface area contributed by atoms with Gasteiger partial charge in [-0.1, -0.05) is 195 Å². The highest BCUT2D eigenvalue weighted by atomic mass is 79.9. The normalized spacial score (nSPS) is 10.9. The highest BCUT2D eigenvalue weighted by Gasteiger charge is 2.29. The summed E-state index contributed by atoms with van der Waals surface area (Å²) in [5.74, 6) is 3.06. The number of fused-ring (bicyclic) bond motifs is 15. The van der Waals surface area contributed by atoms with E-state index < -0.39 is 0 Å². The second-order valence-corrected chi connectivity index (χ2v) is 32.3. The maximum absolute atomic E-state index is 5.85. The van der Waals surface area contributed by atoms with Crippen molar-refractivity contribution in [2.24, 2.45) is 28.2 Å². The molecule has 9 aromatic carbocycles. The number of methoxy groups -OCH3 is 2. The van der Waals surface area contributed by atoms with Gasteiger partial charge in [0.2, 0.25) is 47.6 Å². The average Bonchev–Trinajstić information content (AvgIpc) is 1.21. The van der Waals surface area contributed by atoms with Gasteiger partial charge >= 0.3 is 0 Å². The molecule has 18 aromatic rings. The second kappa shape index (κ2) is 53.7. The van der Waals surface area contributed by atoms with Crippen molar-refractivity contribution >= 4 is 87.3 Å². The van der Waals surface area contributed by atoms with E-state index in [2.05, 4.69) is 338 Å². The lowest BCUT2D eigenvalue weighted by molar-refractivity contribution is -0.794. The van der Waals surface area contributed by atoms with Gasteiger partial charge < -0.3 is 104 Å². The first-order valence-electron chi connectivity index (χ1n) is 44.4. The number of unbranched alkanes of at least 4 members (excludes halogenated alkanes) is 13. The molecule has 0 saturated heterocycles. The van der Waals surface area contributed by atoms with Crippen LogP contribution in [0.15, 0.2) is 335 Å². The van der Waals surface area contributed by atoms with Gasteiger partial charge in [0.05, 0.1) is 54.4 Å². The number of nitrogens with zero attached hydrogens (tertiary/aromatic N) is 9. The molecule has 0 saturated carbocycles. The molecule has 0 amide bonds. The van der Waals surface area contributed by atoms with E-state index in [0.29, 0.717) is 0 Å². The summed E-state index contributed by atoms with van der Waals surface area (Å²) in [4.78, 5) is 0. The van der Waals surface area contributed by atoms with Gasteiger partial charge in [-0.05, 0) is 139 Å². The first kappa shape index (κ1) is 107. The molecule has 2 aliphatic rings. The van der Waals surface area contributed by atoms with Crippen LogP contribution in [0.25, 0.3) is 115 Å². The number of nitrogens with two attached hydrogens (primary N) is 1. The SMILES string of the molecule is C.CCCCCCCCCCCCCCCC[n+]1ccccc1.CC[n+]1c(-c2ccccc2)c2ccccc2c2ccccc21.COc1ccc2c(c[n+](C)c3c4cc5c(cc4ccc23)OCO5)c1OC.C[n+]1ccc(-c2ccccc2)cc1.C[n+]1ccn2ccccc21.Cc1ccc2cc3ccc(N)cc3[n+](C)c2c1.[Br-].[Cl-].[Cl-].[Cl-].[Cl-].[Cl-].c1cc[n+]2c(c1)-c1cccc[n+]1CC2. The highest BCUT2D eigenvalue weighted by molar-refractivity contribution is 6.15. The minimum atomic E-state index is 0. The number of aromatic nitrogens is 9. The minimum absolute atomic E-state index is 0. The van der Waals surface area contributed by atoms with E-state index in [1.54, 1.807) is 14.2 Å². The van der Waals surface area contributed by atoms with Crippen molar-refractivity contribution in [3.8, 4) is 56.8 Å². The summed E-state index contributed by atoms with van der Waals surface area (Å²) in [6, 6.07) is 95.0. The molecule has 9 aromatic heterocycles. The van der Waals surface area contributed by atoms with E-state index in [9.17, 15) is 0 Å². The average molecular weight is 1920 g/mol. The first-order chi connectivity index (χ1) is 60.9. The number of rotatable bonds is 20. The summed E-state index contributed by atoms with van der Waals surface area (Å²) < 4.78 is 42.0. The Balaban J connectivity index is 0.000000211. The van der Waals surface area contributed by atoms with Gasteiger partial charge in [-0.3, -0.25) is 0 Å². The Morgan fingerprint density at radius 3 is 1.52 bits per heavy atom. The maximum atomic E-state index is 5.85. The van der Waals surface area contributed by atoms with Crippen LogP contribution in [0.4, 0.5) is 5.69 Å². The lowest BCUT2D eigenvalue weighted by Gasteiger charge is -2.12. The number of benzene rings is 9. The zero-order chi connectivity index (χ0) is 85.9. The molecule has 0 atom stereocenters. The molecule has 0 radical (unpaired) electrons. The van der Waals surface area contributed by atoms with Crippen LogP contribution in [0, 0.1) is 6.92 Å². The van der Waals surface area contributed by atoms with E-state index >= 15 is 0 Å². The van der Waals surface area contributed by atoms with Gasteiger partial charge in [0, 0.05) is 112 Å². The molecule has 0 fully saturated rings. The Morgan fingerprint density at radius 1 is 0.397 bits per heavy atom. The number of nitrogen functional groups attached to an aromatic ring is 1. The molecule has 131 heavy (non-hydrogen) atoms. The molecule has 20 heteroatoms. The van der Waals surface area contributed by atoms with E-state index in [1.807, 2.05) is 86.8 Å². The Hall–Kier alpha value is -11.5. The van der Waals surface area contributed by atoms with Crippen LogP contribution in [0.3, 0.4) is 0 Å². The van der Waals surface area contributed by atoms with Crippen molar-refractivity contribution in [1.29, 1.82) is 0 Å². The molecule has 2 N–H and O–H groups in total. The summed E-state index contributed by atoms with van der Waals surface area (Å²) in [5, 5.41) is 12.0. The number of pyridine rings is 8. The van der Waals surface area contributed by atoms with Crippen LogP contribution in [0.2, 0.25) is 0 Å². The van der Waals surface area contributed by atoms with Crippen LogP contribution in [-0.2, 0) is 54.4 Å². The molecule has 0 aliphatic carbocycles. The zero-order valence-corrected chi connectivity index (χ0v) is 81.6. The van der Waals surface area contributed by atoms with Crippen LogP contribution < -0.4 is 140 Å². The first-order valence-corrected chi connectivity index (χ1v) is 44.4. The number of aryl methyl sites for hydroxylation is 9. The van der Waals surface area contributed by atoms with Crippen LogP contribution in [0.1, 0.15) is 117 Å². The van der Waals surface area contributed by atoms with Gasteiger partial charge in [-0.2, -0.15) is 22.8 Å². The van der Waals surface area contributed by atoms with Gasteiger partial charge in [-0.15, -0.1) is 0 Å². The molecular formula is C111H126BrCl5N10O4+2. The predicted octanol–water partition coefficient (Wildman–Crippen LogP) is 4.39. The van der Waals surface area contributed by atoms with Crippen molar-refractivity contribution in [2.75, 3.05) is 26.7 Å². The fourth-order valence-corrected chi connectivity index (χ4v) is 17.1. The number of halogens is 6. The number of imidazole rings is 1. The highest BCUT2D eigenvalue weighted by Crippen LogP contribution is 2.42. The standard InChI is InChI=1S/C21H18NO4.C21H18N.C21H38N.C15H14N2.C12H12N2.C12H12N.C8H9N2.CH4.BrH.5ClH/c1-22-10-16-13(6-7-17(23-2)21(16)24-3)14-5-4-12-8-18-19(26-11-25-18)9-15(12)20(14)22;1-2-22-20-15-9-8-13-18(20)17-12-6-7-14-19(17)21(22)16-10-4-3-5-11-16;1-2-3-4-5-6-7-8-9-10-11-12-13-14-16-19-22-20-17-15-18-21-22;1-10-3-4-11-8-12-5-6-13(16)9-15(12)17(2)14(11)7-10;1-3-7-13-9-10-14-8-4-2-6-12(14)11(13)5-1;1-13-9-7-12(8-10-13)11-5-3-2-4-6-11;1-9-6-7-10-5-3-2-4-8(9)10;;;;;;;/h4-10H,11H2,1-3H3;3-15H,2H2,1H3;15,17-18,20-21H,2-14,16,19H2,1H3;3-9,16H,1-2H3;1-8H,9-10H2;2-10H,1H3;2-7H,1H3;1H4;6*1H/q3*+1;;+2;2*+1;;;;;;;/p-5. The summed E-state index contributed by atoms with van der Waals surface area (Å²) in [5.41, 5.74) is 21.7. The van der Waals surface area contributed by atoms with E-state index in [1.165, 1.54) is 185 Å². The molecule has 684 valence electrons. The Kier molecular flexibility index (Phi) is 43.7. The number of para-hydroxylation sites is 1. The predicted molar refractivity (Wildman–Crippen MR) is 511 cm³/mol. The van der Waals surface area contributed by atoms with Gasteiger partial charge in [0.15, 0.2) is 66.4 Å². The zero-order valence-electron chi connectivity index (χ0n) is 76.2. The van der Waals surface area contributed by atoms with Crippen molar-refractivity contribution in [3.05, 3.63) is 341 Å². The summed E-state index contributed by atoms with van der Waals surface area (Å²) in [7, 11) is 11.5. The number of hydrogen-bond donors (Lipinski definition) is 1. The smallest absolute Gasteiger partial charge is 0.285 e. The van der Waals surface area contributed by atoms with Crippen molar-refractivity contribution in [1.82, 2.24) is 4.40 Å². The second-order valence-electron chi connectivity index (χ2n) is 32.3. The van der Waals surface area contributed by atoms with Gasteiger partial charge in [0.1, 0.15) is 46.6 Å². The van der Waals surface area contributed by atoms with E-state index in [4.69, 9.17) is 24.7 Å². The summed E-state index contributed by atoms with van der Waals surface area (Å²) >= 11 is 0. The third-order valence-corrected chi connectivity index (χ3v) is 23.6. The molecule has 14 nitrogen and oxygen atoms in total. The Bertz CT molecular complexity index is 6490. The van der Waals surface area contributed by atoms with E-state index in [-0.39, 0.29) is 93.2 Å². The molecule has 2 aliphatic heterocycles. The maximum Gasteiger partial charge on any atom is 0.285 e. The fourth-order valence-electron chi connectivity index (χ4n) is 17.1. The molecule has 20 rings (SSSR count). The van der Waals surface area contributed by atoms with Crippen LogP contribution >= 0.6 is 0 Å². The third-order valence-electron chi connectivity index (χ3n) is 23.6. The van der Waals surface area contributed by atoms with Crippen LogP contribution in [0.5, 0.6) is 23.0 Å². The minimum Gasteiger partial charge on any atom is -1.00 e. The third kappa shape index (κ3) is 27.1. The lowest BCUT2D eigenvalue weighted by atomic mass is 9.99. The largest absolute Gasteiger partial charge is 1.00 e. The van der Waals surface area contributed by atoms with Gasteiger partial charge in [-0.25, -0.2) is 18.1 Å².